The van der Waals surface area contributed by atoms with E-state index in [-0.39, 0.29) is 18.9 Å². The van der Waals surface area contributed by atoms with Crippen LogP contribution in [0.4, 0.5) is 0 Å². The Morgan fingerprint density at radius 3 is 1.43 bits per heavy atom. The van der Waals surface area contributed by atoms with E-state index in [1.165, 1.54) is 89.9 Å². The van der Waals surface area contributed by atoms with Crippen LogP contribution in [0.2, 0.25) is 0 Å². The Balaban J connectivity index is 1.47. The van der Waals surface area contributed by atoms with Gasteiger partial charge in [0, 0.05) is 6.42 Å². The molecule has 0 saturated carbocycles. The first-order valence-corrected chi connectivity index (χ1v) is 26.6. The number of aliphatic hydroxyl groups is 11. The molecule has 0 spiro atoms. The molecule has 0 aromatic heterocycles. The molecule has 3 fully saturated rings. The van der Waals surface area contributed by atoms with Gasteiger partial charge in [-0.25, -0.2) is 0 Å². The van der Waals surface area contributed by atoms with Gasteiger partial charge in [0.2, 0.25) is 5.91 Å². The van der Waals surface area contributed by atoms with Crippen molar-refractivity contribution in [3.8, 4) is 0 Å². The van der Waals surface area contributed by atoms with Gasteiger partial charge in [-0.3, -0.25) is 4.79 Å². The molecule has 0 radical (unpaired) electrons. The Morgan fingerprint density at radius 2 is 0.914 bits per heavy atom. The monoisotopic (exact) mass is 1010 g/mol. The maximum absolute atomic E-state index is 13.0. The van der Waals surface area contributed by atoms with Gasteiger partial charge >= 0.3 is 0 Å². The van der Waals surface area contributed by atoms with Gasteiger partial charge < -0.3 is 89.9 Å². The van der Waals surface area contributed by atoms with E-state index in [9.17, 15) is 61.0 Å². The van der Waals surface area contributed by atoms with E-state index in [0.29, 0.717) is 12.8 Å². The molecule has 0 bridgehead atoms. The predicted molar refractivity (Wildman–Crippen MR) is 259 cm³/mol. The highest BCUT2D eigenvalue weighted by molar-refractivity contribution is 5.76. The van der Waals surface area contributed by atoms with E-state index in [2.05, 4.69) is 31.3 Å². The fraction of sp³-hybridized carbons (Fsp3) is 0.902. The lowest BCUT2D eigenvalue weighted by Gasteiger charge is -2.48. The van der Waals surface area contributed by atoms with Crippen molar-refractivity contribution in [2.24, 2.45) is 0 Å². The van der Waals surface area contributed by atoms with Crippen molar-refractivity contribution in [3.05, 3.63) is 24.3 Å². The van der Waals surface area contributed by atoms with Crippen LogP contribution in [0.3, 0.4) is 0 Å². The molecule has 19 nitrogen and oxygen atoms in total. The van der Waals surface area contributed by atoms with E-state index in [4.69, 9.17) is 28.4 Å². The van der Waals surface area contributed by atoms with E-state index in [1.54, 1.807) is 6.08 Å². The van der Waals surface area contributed by atoms with Crippen molar-refractivity contribution < 1.29 is 89.4 Å². The number of hydrogen-bond acceptors (Lipinski definition) is 18. The summed E-state index contributed by atoms with van der Waals surface area (Å²) in [5.41, 5.74) is 0. The van der Waals surface area contributed by atoms with Crippen LogP contribution in [-0.2, 0) is 33.2 Å². The molecule has 1 amide bonds. The lowest BCUT2D eigenvalue weighted by atomic mass is 9.96. The van der Waals surface area contributed by atoms with Gasteiger partial charge in [0.1, 0.15) is 73.2 Å². The molecule has 12 N–H and O–H groups in total. The summed E-state index contributed by atoms with van der Waals surface area (Å²) in [6.45, 7) is 1.53. The Kier molecular flexibility index (Phi) is 32.4. The summed E-state index contributed by atoms with van der Waals surface area (Å²) in [7, 11) is 0. The minimum atomic E-state index is -1.98. The average molecular weight is 1010 g/mol. The molecule has 19 heteroatoms. The number of ether oxygens (including phenoxy) is 6. The zero-order chi connectivity index (χ0) is 51.3. The molecule has 0 aromatic carbocycles. The topological polar surface area (TPSA) is 307 Å². The van der Waals surface area contributed by atoms with Gasteiger partial charge in [-0.15, -0.1) is 0 Å². The third-order valence-electron chi connectivity index (χ3n) is 13.5. The molecule has 70 heavy (non-hydrogen) atoms. The molecular formula is C51H93NO18. The highest BCUT2D eigenvalue weighted by Gasteiger charge is 2.53. The van der Waals surface area contributed by atoms with Crippen LogP contribution in [0.1, 0.15) is 162 Å². The summed E-state index contributed by atoms with van der Waals surface area (Å²) < 4.78 is 34.0. The van der Waals surface area contributed by atoms with Crippen LogP contribution < -0.4 is 5.32 Å². The van der Waals surface area contributed by atoms with E-state index >= 15 is 0 Å². The molecule has 0 aliphatic carbocycles. The first-order chi connectivity index (χ1) is 33.8. The second-order valence-electron chi connectivity index (χ2n) is 19.3. The average Bonchev–Trinajstić information content (AvgIpc) is 3.35. The summed E-state index contributed by atoms with van der Waals surface area (Å²) in [6, 6.07) is -0.981. The standard InChI is InChI=1S/C51H93NO18/c1-3-5-7-9-10-11-12-13-14-15-16-17-18-19-20-21-22-23-24-25-26-28-35(56)34(52-39(57)29-27-8-6-4-2)33-65-49-45(63)42(60)47(37(31-54)67-49)70-51-46(64)43(61)48(38(32-55)68-51)69-50-44(62)41(59)40(58)36(30-53)66-50/h22-23,26,28,34-38,40-51,53-56,58-64H,3-21,24-25,27,29-33H2,1-2H3,(H,52,57)/b23-22+,28-26+. The molecule has 17 atom stereocenters. The first-order valence-electron chi connectivity index (χ1n) is 26.6. The Labute approximate surface area is 416 Å². The van der Waals surface area contributed by atoms with Crippen molar-refractivity contribution in [1.29, 1.82) is 0 Å². The number of unbranched alkanes of at least 4 members (excludes halogenated alkanes) is 19. The second kappa shape index (κ2) is 36.3. The van der Waals surface area contributed by atoms with Crippen LogP contribution >= 0.6 is 0 Å². The fourth-order valence-electron chi connectivity index (χ4n) is 9.03. The summed E-state index contributed by atoms with van der Waals surface area (Å²) in [4.78, 5) is 13.0. The predicted octanol–water partition coefficient (Wildman–Crippen LogP) is 2.42. The van der Waals surface area contributed by atoms with Crippen molar-refractivity contribution in [2.75, 3.05) is 26.4 Å². The summed E-state index contributed by atoms with van der Waals surface area (Å²) in [6.07, 6.45) is 7.04. The molecule has 3 rings (SSSR count). The van der Waals surface area contributed by atoms with Gasteiger partial charge in [0.25, 0.3) is 0 Å². The molecule has 410 valence electrons. The third-order valence-corrected chi connectivity index (χ3v) is 13.5. The van der Waals surface area contributed by atoms with Gasteiger partial charge in [-0.1, -0.05) is 147 Å². The maximum Gasteiger partial charge on any atom is 0.220 e. The largest absolute Gasteiger partial charge is 0.394 e. The van der Waals surface area contributed by atoms with Gasteiger partial charge in [0.15, 0.2) is 18.9 Å². The van der Waals surface area contributed by atoms with Crippen LogP contribution in [0, 0.1) is 0 Å². The van der Waals surface area contributed by atoms with Crippen LogP contribution in [0.15, 0.2) is 24.3 Å². The number of hydrogen-bond donors (Lipinski definition) is 12. The van der Waals surface area contributed by atoms with Gasteiger partial charge in [-0.2, -0.15) is 0 Å². The number of carbonyl (C=O) groups excluding carboxylic acids is 1. The molecule has 3 saturated heterocycles. The molecular weight excluding hydrogens is 915 g/mol. The lowest BCUT2D eigenvalue weighted by Crippen LogP contribution is -2.66. The number of aliphatic hydroxyl groups excluding tert-OH is 11. The Hall–Kier alpha value is -1.73. The lowest BCUT2D eigenvalue weighted by molar-refractivity contribution is -0.379. The van der Waals surface area contributed by atoms with Crippen molar-refractivity contribution in [3.63, 3.8) is 0 Å². The van der Waals surface area contributed by atoms with Crippen molar-refractivity contribution >= 4 is 5.91 Å². The van der Waals surface area contributed by atoms with E-state index in [0.717, 1.165) is 38.5 Å². The molecule has 0 aromatic rings. The highest BCUT2D eigenvalue weighted by atomic mass is 16.8. The van der Waals surface area contributed by atoms with E-state index in [1.807, 2.05) is 6.08 Å². The fourth-order valence-corrected chi connectivity index (χ4v) is 9.03. The van der Waals surface area contributed by atoms with Gasteiger partial charge in [0.05, 0.1) is 38.6 Å². The highest BCUT2D eigenvalue weighted by Crippen LogP contribution is 2.33. The second-order valence-corrected chi connectivity index (χ2v) is 19.3. The van der Waals surface area contributed by atoms with Crippen LogP contribution in [0.5, 0.6) is 0 Å². The van der Waals surface area contributed by atoms with Gasteiger partial charge in [-0.05, 0) is 32.1 Å². The number of nitrogens with one attached hydrogen (secondary N) is 1. The van der Waals surface area contributed by atoms with Crippen LogP contribution in [0.25, 0.3) is 0 Å². The maximum atomic E-state index is 13.0. The normalized spacial score (nSPS) is 32.7. The SMILES string of the molecule is CCCCCCCCCCCCCCCCC/C=C/CC/C=C/C(O)C(COC1OC(CO)C(OC2OC(CO)C(OC3OC(CO)C(O)C(O)C3O)C(O)C2O)C(O)C1O)NC(=O)CCCCCC. The molecule has 3 aliphatic heterocycles. The molecule has 3 aliphatic rings. The zero-order valence-electron chi connectivity index (χ0n) is 42.0. The number of allylic oxidation sites excluding steroid dienone is 3. The number of rotatable bonds is 37. The van der Waals surface area contributed by atoms with E-state index < -0.39 is 124 Å². The minimum absolute atomic E-state index is 0.228. The third kappa shape index (κ3) is 21.6. The zero-order valence-corrected chi connectivity index (χ0v) is 42.0. The smallest absolute Gasteiger partial charge is 0.220 e. The van der Waals surface area contributed by atoms with Crippen molar-refractivity contribution in [1.82, 2.24) is 5.32 Å². The van der Waals surface area contributed by atoms with Crippen molar-refractivity contribution in [2.45, 2.75) is 266 Å². The first kappa shape index (κ1) is 62.6. The summed E-state index contributed by atoms with van der Waals surface area (Å²) >= 11 is 0. The summed E-state index contributed by atoms with van der Waals surface area (Å²) in [5, 5.41) is 119. The Morgan fingerprint density at radius 1 is 0.500 bits per heavy atom. The molecule has 17 unspecified atom stereocenters. The quantitative estimate of drug-likeness (QED) is 0.0314. The molecule has 3 heterocycles. The minimum Gasteiger partial charge on any atom is -0.394 e. The number of carbonyl (C=O) groups is 1. The van der Waals surface area contributed by atoms with Crippen LogP contribution in [-0.4, -0.2) is 193 Å². The summed E-state index contributed by atoms with van der Waals surface area (Å²) in [5.74, 6) is -0.305. The number of amides is 1. The Bertz CT molecular complexity index is 1390.